The molecule has 5 heteroatoms. The van der Waals surface area contributed by atoms with Crippen LogP contribution in [0.1, 0.15) is 27.7 Å². The lowest BCUT2D eigenvalue weighted by atomic mass is 9.87. The highest BCUT2D eigenvalue weighted by molar-refractivity contribution is 8.12. The van der Waals surface area contributed by atoms with E-state index in [-0.39, 0.29) is 16.6 Å². The van der Waals surface area contributed by atoms with E-state index in [0.717, 1.165) is 11.8 Å². The summed E-state index contributed by atoms with van der Waals surface area (Å²) in [5, 5.41) is 2.42. The van der Waals surface area contributed by atoms with Crippen molar-refractivity contribution in [3.63, 3.8) is 0 Å². The van der Waals surface area contributed by atoms with Gasteiger partial charge in [-0.15, -0.1) is 0 Å². The third-order valence-electron chi connectivity index (χ3n) is 1.84. The summed E-state index contributed by atoms with van der Waals surface area (Å²) in [7, 11) is 0. The fourth-order valence-corrected chi connectivity index (χ4v) is 1.27. The Labute approximate surface area is 95.1 Å². The van der Waals surface area contributed by atoms with Gasteiger partial charge in [-0.1, -0.05) is 32.5 Å². The maximum Gasteiger partial charge on any atom is 0.329 e. The van der Waals surface area contributed by atoms with Gasteiger partial charge < -0.3 is 10.1 Å². The lowest BCUT2D eigenvalue weighted by molar-refractivity contribution is -0.148. The molecule has 1 atom stereocenters. The molecule has 1 N–H and O–H groups in total. The van der Waals surface area contributed by atoms with Crippen LogP contribution < -0.4 is 5.32 Å². The minimum Gasteiger partial charge on any atom is -0.464 e. The molecule has 0 rings (SSSR count). The first-order valence-corrected chi connectivity index (χ1v) is 6.06. The third kappa shape index (κ3) is 5.06. The van der Waals surface area contributed by atoms with Gasteiger partial charge in [-0.25, -0.2) is 4.79 Å². The van der Waals surface area contributed by atoms with Crippen molar-refractivity contribution in [2.24, 2.45) is 5.41 Å². The number of esters is 1. The fraction of sp³-hybridized carbons (Fsp3) is 0.800. The normalized spacial score (nSPS) is 13.1. The summed E-state index contributed by atoms with van der Waals surface area (Å²) < 4.78 is 4.91. The molecule has 0 spiro atoms. The van der Waals surface area contributed by atoms with Gasteiger partial charge in [-0.05, 0) is 18.6 Å². The van der Waals surface area contributed by atoms with Gasteiger partial charge >= 0.3 is 5.97 Å². The smallest absolute Gasteiger partial charge is 0.329 e. The molecule has 0 bridgehead atoms. The van der Waals surface area contributed by atoms with Crippen molar-refractivity contribution in [3.8, 4) is 0 Å². The SMILES string of the molecule is CCOC(=O)C(NC(=O)SC)C(C)(C)C. The second-order valence-electron chi connectivity index (χ2n) is 4.19. The summed E-state index contributed by atoms with van der Waals surface area (Å²) in [4.78, 5) is 22.8. The summed E-state index contributed by atoms with van der Waals surface area (Å²) in [5.74, 6) is -0.382. The van der Waals surface area contributed by atoms with E-state index < -0.39 is 6.04 Å². The van der Waals surface area contributed by atoms with Crippen LogP contribution in [0.2, 0.25) is 0 Å². The summed E-state index contributed by atoms with van der Waals surface area (Å²) in [6.45, 7) is 7.72. The highest BCUT2D eigenvalue weighted by Gasteiger charge is 2.33. The molecule has 0 aliphatic carbocycles. The topological polar surface area (TPSA) is 55.4 Å². The van der Waals surface area contributed by atoms with Crippen LogP contribution in [0.3, 0.4) is 0 Å². The maximum absolute atomic E-state index is 11.6. The van der Waals surface area contributed by atoms with Gasteiger partial charge in [0.25, 0.3) is 5.24 Å². The predicted octanol–water partition coefficient (Wildman–Crippen LogP) is 2.04. The molecule has 88 valence electrons. The van der Waals surface area contributed by atoms with Crippen molar-refractivity contribution >= 4 is 23.0 Å². The molecular weight excluding hydrogens is 214 g/mol. The average molecular weight is 233 g/mol. The molecule has 15 heavy (non-hydrogen) atoms. The van der Waals surface area contributed by atoms with Gasteiger partial charge in [-0.3, -0.25) is 4.79 Å². The van der Waals surface area contributed by atoms with Crippen LogP contribution in [0.4, 0.5) is 4.79 Å². The highest BCUT2D eigenvalue weighted by Crippen LogP contribution is 2.21. The van der Waals surface area contributed by atoms with Crippen LogP contribution in [0.5, 0.6) is 0 Å². The second kappa shape index (κ2) is 6.00. The van der Waals surface area contributed by atoms with E-state index in [2.05, 4.69) is 5.32 Å². The Balaban J connectivity index is 4.59. The van der Waals surface area contributed by atoms with E-state index in [1.807, 2.05) is 20.8 Å². The zero-order valence-electron chi connectivity index (χ0n) is 9.92. The number of hydrogen-bond acceptors (Lipinski definition) is 4. The minimum atomic E-state index is -0.600. The van der Waals surface area contributed by atoms with Crippen molar-refractivity contribution in [1.82, 2.24) is 5.32 Å². The zero-order chi connectivity index (χ0) is 12.1. The van der Waals surface area contributed by atoms with Gasteiger partial charge in [0.15, 0.2) is 0 Å². The van der Waals surface area contributed by atoms with Crippen molar-refractivity contribution in [1.29, 1.82) is 0 Å². The molecule has 0 aliphatic rings. The van der Waals surface area contributed by atoms with Gasteiger partial charge in [0.1, 0.15) is 6.04 Å². The van der Waals surface area contributed by atoms with Crippen LogP contribution in [0.25, 0.3) is 0 Å². The van der Waals surface area contributed by atoms with Crippen molar-refractivity contribution < 1.29 is 14.3 Å². The molecule has 0 aromatic heterocycles. The molecule has 1 unspecified atom stereocenters. The maximum atomic E-state index is 11.6. The van der Waals surface area contributed by atoms with Crippen molar-refractivity contribution in [2.45, 2.75) is 33.7 Å². The number of hydrogen-bond donors (Lipinski definition) is 1. The molecular formula is C10H19NO3S. The molecule has 0 heterocycles. The van der Waals surface area contributed by atoms with Gasteiger partial charge in [0.2, 0.25) is 0 Å². The number of carbonyl (C=O) groups is 2. The molecule has 0 aliphatic heterocycles. The van der Waals surface area contributed by atoms with E-state index in [4.69, 9.17) is 4.74 Å². The summed E-state index contributed by atoms with van der Waals surface area (Å²) >= 11 is 1.05. The highest BCUT2D eigenvalue weighted by atomic mass is 32.2. The van der Waals surface area contributed by atoms with Gasteiger partial charge in [0, 0.05) is 0 Å². The van der Waals surface area contributed by atoms with Gasteiger partial charge in [0.05, 0.1) is 6.61 Å². The minimum absolute atomic E-state index is 0.219. The Hall–Kier alpha value is -0.710. The number of ether oxygens (including phenoxy) is 1. The summed E-state index contributed by atoms with van der Waals surface area (Å²) in [6.07, 6.45) is 1.67. The molecule has 4 nitrogen and oxygen atoms in total. The van der Waals surface area contributed by atoms with E-state index in [0.29, 0.717) is 6.61 Å². The van der Waals surface area contributed by atoms with E-state index in [1.54, 1.807) is 13.2 Å². The number of thioether (sulfide) groups is 1. The largest absolute Gasteiger partial charge is 0.464 e. The van der Waals surface area contributed by atoms with Crippen LogP contribution in [0, 0.1) is 5.41 Å². The second-order valence-corrected chi connectivity index (χ2v) is 4.97. The van der Waals surface area contributed by atoms with Crippen molar-refractivity contribution in [2.75, 3.05) is 12.9 Å². The summed E-state index contributed by atoms with van der Waals surface area (Å²) in [5.41, 5.74) is -0.350. The third-order valence-corrected chi connectivity index (χ3v) is 2.32. The summed E-state index contributed by atoms with van der Waals surface area (Å²) in [6, 6.07) is -0.600. The number of nitrogens with one attached hydrogen (secondary N) is 1. The first kappa shape index (κ1) is 14.3. The zero-order valence-corrected chi connectivity index (χ0v) is 10.7. The fourth-order valence-electron chi connectivity index (χ4n) is 1.03. The molecule has 0 radical (unpaired) electrons. The molecule has 0 saturated carbocycles. The molecule has 1 amide bonds. The monoisotopic (exact) mass is 233 g/mol. The van der Waals surface area contributed by atoms with E-state index in [9.17, 15) is 9.59 Å². The Morgan fingerprint density at radius 1 is 1.40 bits per heavy atom. The van der Waals surface area contributed by atoms with E-state index >= 15 is 0 Å². The van der Waals surface area contributed by atoms with Crippen molar-refractivity contribution in [3.05, 3.63) is 0 Å². The first-order chi connectivity index (χ1) is 6.82. The van der Waals surface area contributed by atoms with Crippen LogP contribution >= 0.6 is 11.8 Å². The van der Waals surface area contributed by atoms with Crippen LogP contribution in [0.15, 0.2) is 0 Å². The number of amides is 1. The molecule has 0 aromatic rings. The number of rotatable bonds is 3. The first-order valence-electron chi connectivity index (χ1n) is 4.84. The molecule has 0 saturated heterocycles. The number of carbonyl (C=O) groups excluding carboxylic acids is 2. The quantitative estimate of drug-likeness (QED) is 0.758. The molecule has 0 aromatic carbocycles. The van der Waals surface area contributed by atoms with Gasteiger partial charge in [-0.2, -0.15) is 0 Å². The van der Waals surface area contributed by atoms with Crippen LogP contribution in [-0.4, -0.2) is 30.1 Å². The average Bonchev–Trinajstić information content (AvgIpc) is 2.12. The lowest BCUT2D eigenvalue weighted by Crippen LogP contribution is -2.48. The standard InChI is InChI=1S/C10H19NO3S/c1-6-14-8(12)7(10(2,3)4)11-9(13)15-5/h7H,6H2,1-5H3,(H,11,13). The molecule has 0 fully saturated rings. The predicted molar refractivity (Wildman–Crippen MR) is 61.9 cm³/mol. The Morgan fingerprint density at radius 3 is 2.27 bits per heavy atom. The van der Waals surface area contributed by atoms with E-state index in [1.165, 1.54) is 0 Å². The Kier molecular flexibility index (Phi) is 5.72. The Morgan fingerprint density at radius 2 is 1.93 bits per heavy atom. The Bertz CT molecular complexity index is 235. The lowest BCUT2D eigenvalue weighted by Gasteiger charge is -2.28. The van der Waals surface area contributed by atoms with Crippen LogP contribution in [-0.2, 0) is 9.53 Å².